The highest BCUT2D eigenvalue weighted by Gasteiger charge is 2.20. The molecule has 5 rings (SSSR count). The molecule has 1 amide bonds. The molecular formula is C24H27N9O2. The van der Waals surface area contributed by atoms with Crippen molar-refractivity contribution in [2.45, 2.75) is 25.8 Å². The second-order valence-electron chi connectivity index (χ2n) is 8.23. The van der Waals surface area contributed by atoms with Gasteiger partial charge in [-0.05, 0) is 36.6 Å². The number of imidazole rings is 1. The Kier molecular flexibility index (Phi) is 6.64. The number of methoxy groups -OCH3 is 1. The summed E-state index contributed by atoms with van der Waals surface area (Å²) in [5, 5.41) is 6.56. The Morgan fingerprint density at radius 1 is 1.09 bits per heavy atom. The molecule has 35 heavy (non-hydrogen) atoms. The van der Waals surface area contributed by atoms with Crippen LogP contribution in [0.25, 0.3) is 11.2 Å². The zero-order valence-corrected chi connectivity index (χ0v) is 19.5. The predicted octanol–water partition coefficient (Wildman–Crippen LogP) is 2.65. The van der Waals surface area contributed by atoms with Gasteiger partial charge in [0.15, 0.2) is 17.0 Å². The van der Waals surface area contributed by atoms with Gasteiger partial charge in [0.2, 0.25) is 11.9 Å². The molecule has 1 saturated heterocycles. The van der Waals surface area contributed by atoms with Crippen LogP contribution in [0.4, 0.5) is 17.6 Å². The molecule has 0 atom stereocenters. The average Bonchev–Trinajstić information content (AvgIpc) is 3.49. The highest BCUT2D eigenvalue weighted by molar-refractivity contribution is 5.84. The van der Waals surface area contributed by atoms with Gasteiger partial charge in [0.25, 0.3) is 0 Å². The molecule has 0 bridgehead atoms. The minimum atomic E-state index is 0.205. The smallest absolute Gasteiger partial charge is 0.232 e. The second kappa shape index (κ2) is 10.3. The Balaban J connectivity index is 1.37. The molecule has 1 fully saturated rings. The topological polar surface area (TPSA) is 123 Å². The largest absolute Gasteiger partial charge is 0.497 e. The third kappa shape index (κ3) is 5.29. The van der Waals surface area contributed by atoms with E-state index in [0.29, 0.717) is 54.8 Å². The van der Waals surface area contributed by atoms with Crippen molar-refractivity contribution in [3.63, 3.8) is 0 Å². The van der Waals surface area contributed by atoms with Crippen LogP contribution in [0, 0.1) is 0 Å². The van der Waals surface area contributed by atoms with Crippen LogP contribution < -0.4 is 15.4 Å². The van der Waals surface area contributed by atoms with Crippen molar-refractivity contribution >= 4 is 34.7 Å². The van der Waals surface area contributed by atoms with Crippen molar-refractivity contribution < 1.29 is 9.53 Å². The molecule has 0 spiro atoms. The second-order valence-corrected chi connectivity index (χ2v) is 8.23. The fourth-order valence-electron chi connectivity index (χ4n) is 4.05. The fraction of sp³-hybridized carbons (Fsp3) is 0.333. The minimum absolute atomic E-state index is 0.205. The number of carbonyl (C=O) groups excluding carboxylic acids is 1. The lowest BCUT2D eigenvalue weighted by molar-refractivity contribution is -0.127. The van der Waals surface area contributed by atoms with E-state index in [0.717, 1.165) is 25.1 Å². The van der Waals surface area contributed by atoms with Crippen molar-refractivity contribution in [2.75, 3.05) is 37.4 Å². The first kappa shape index (κ1) is 22.5. The van der Waals surface area contributed by atoms with E-state index >= 15 is 0 Å². The van der Waals surface area contributed by atoms with Gasteiger partial charge in [-0.2, -0.15) is 9.97 Å². The van der Waals surface area contributed by atoms with Crippen LogP contribution in [-0.2, 0) is 17.8 Å². The molecule has 11 nitrogen and oxygen atoms in total. The van der Waals surface area contributed by atoms with Crippen LogP contribution >= 0.6 is 0 Å². The van der Waals surface area contributed by atoms with Crippen molar-refractivity contribution in [2.24, 2.45) is 0 Å². The van der Waals surface area contributed by atoms with Gasteiger partial charge in [-0.25, -0.2) is 15.0 Å². The monoisotopic (exact) mass is 473 g/mol. The van der Waals surface area contributed by atoms with Gasteiger partial charge >= 0.3 is 0 Å². The van der Waals surface area contributed by atoms with Gasteiger partial charge in [0.05, 0.1) is 13.4 Å². The Labute approximate surface area is 202 Å². The maximum Gasteiger partial charge on any atom is 0.232 e. The summed E-state index contributed by atoms with van der Waals surface area (Å²) < 4.78 is 7.19. The molecule has 0 unspecified atom stereocenters. The first-order valence-electron chi connectivity index (χ1n) is 11.6. The summed E-state index contributed by atoms with van der Waals surface area (Å²) in [6, 6.07) is 9.75. The van der Waals surface area contributed by atoms with Crippen molar-refractivity contribution in [3.8, 4) is 5.75 Å². The van der Waals surface area contributed by atoms with E-state index in [4.69, 9.17) is 9.72 Å². The molecular weight excluding hydrogens is 446 g/mol. The van der Waals surface area contributed by atoms with Crippen molar-refractivity contribution in [3.05, 3.63) is 54.7 Å². The summed E-state index contributed by atoms with van der Waals surface area (Å²) in [6.07, 6.45) is 7.22. The van der Waals surface area contributed by atoms with E-state index in [1.165, 1.54) is 11.9 Å². The number of fused-ring (bicyclic) bond motifs is 1. The van der Waals surface area contributed by atoms with E-state index < -0.39 is 0 Å². The summed E-state index contributed by atoms with van der Waals surface area (Å²) in [4.78, 5) is 36.0. The van der Waals surface area contributed by atoms with Gasteiger partial charge in [0, 0.05) is 38.8 Å². The number of aromatic nitrogens is 6. The van der Waals surface area contributed by atoms with E-state index in [1.807, 2.05) is 33.7 Å². The molecule has 3 aromatic heterocycles. The molecule has 0 radical (unpaired) electrons. The molecule has 4 aromatic rings. The quantitative estimate of drug-likeness (QED) is 0.358. The molecule has 1 aliphatic heterocycles. The lowest BCUT2D eigenvalue weighted by Crippen LogP contribution is -2.28. The molecule has 2 N–H and O–H groups in total. The number of rotatable bonds is 10. The first-order valence-corrected chi connectivity index (χ1v) is 11.6. The van der Waals surface area contributed by atoms with Crippen LogP contribution in [0.2, 0.25) is 0 Å². The molecule has 0 aliphatic carbocycles. The number of carbonyl (C=O) groups is 1. The van der Waals surface area contributed by atoms with E-state index in [1.54, 1.807) is 25.7 Å². The van der Waals surface area contributed by atoms with Gasteiger partial charge < -0.3 is 24.8 Å². The van der Waals surface area contributed by atoms with Gasteiger partial charge in [-0.15, -0.1) is 0 Å². The number of likely N-dealkylation sites (tertiary alicyclic amines) is 1. The zero-order valence-electron chi connectivity index (χ0n) is 19.5. The van der Waals surface area contributed by atoms with E-state index in [9.17, 15) is 4.79 Å². The fourth-order valence-corrected chi connectivity index (χ4v) is 4.05. The third-order valence-electron chi connectivity index (χ3n) is 5.93. The molecule has 11 heteroatoms. The van der Waals surface area contributed by atoms with Gasteiger partial charge in [-0.3, -0.25) is 4.79 Å². The van der Waals surface area contributed by atoms with Crippen LogP contribution in [0.3, 0.4) is 0 Å². The zero-order chi connectivity index (χ0) is 24.0. The van der Waals surface area contributed by atoms with Crippen molar-refractivity contribution in [1.29, 1.82) is 0 Å². The van der Waals surface area contributed by atoms with Gasteiger partial charge in [-0.1, -0.05) is 12.1 Å². The van der Waals surface area contributed by atoms with E-state index in [2.05, 4.69) is 30.6 Å². The number of nitrogens with one attached hydrogen (secondary N) is 2. The Morgan fingerprint density at radius 2 is 1.97 bits per heavy atom. The van der Waals surface area contributed by atoms with Crippen LogP contribution in [0.5, 0.6) is 5.75 Å². The standard InChI is InChI=1S/C24H27N9O2/c1-35-18-6-4-17(5-7-18)8-11-26-22-21-23(31-24(30-22)29-19-9-10-25-15-27-19)33(16-28-21)14-13-32-12-2-3-20(32)34/h4-7,9-10,15-16H,2-3,8,11-14H2,1H3,(H2,25,26,27,29,30,31). The number of anilines is 3. The Hall–Kier alpha value is -4.28. The lowest BCUT2D eigenvalue weighted by Gasteiger charge is -2.16. The van der Waals surface area contributed by atoms with E-state index in [-0.39, 0.29) is 5.91 Å². The highest BCUT2D eigenvalue weighted by atomic mass is 16.5. The van der Waals surface area contributed by atoms with Gasteiger partial charge in [0.1, 0.15) is 17.9 Å². The number of amides is 1. The van der Waals surface area contributed by atoms with Crippen LogP contribution in [0.15, 0.2) is 49.2 Å². The predicted molar refractivity (Wildman–Crippen MR) is 132 cm³/mol. The Bertz CT molecular complexity index is 1290. The Morgan fingerprint density at radius 3 is 2.71 bits per heavy atom. The molecule has 4 heterocycles. The summed E-state index contributed by atoms with van der Waals surface area (Å²) in [6.45, 7) is 2.71. The number of benzene rings is 1. The maximum absolute atomic E-state index is 12.0. The SMILES string of the molecule is COc1ccc(CCNc2nc(Nc3ccncn3)nc3c2ncn3CCN2CCCC2=O)cc1. The first-order chi connectivity index (χ1) is 17.2. The normalized spacial score (nSPS) is 13.4. The van der Waals surface area contributed by atoms with Crippen LogP contribution in [-0.4, -0.2) is 67.0 Å². The lowest BCUT2D eigenvalue weighted by atomic mass is 10.1. The number of nitrogens with zero attached hydrogens (tertiary/aromatic N) is 7. The van der Waals surface area contributed by atoms with Crippen molar-refractivity contribution in [1.82, 2.24) is 34.4 Å². The maximum atomic E-state index is 12.0. The number of ether oxygens (including phenoxy) is 1. The summed E-state index contributed by atoms with van der Waals surface area (Å²) in [7, 11) is 1.66. The summed E-state index contributed by atoms with van der Waals surface area (Å²) in [5.41, 5.74) is 2.56. The highest BCUT2D eigenvalue weighted by Crippen LogP contribution is 2.23. The molecule has 1 aliphatic rings. The third-order valence-corrected chi connectivity index (χ3v) is 5.93. The average molecular weight is 474 g/mol. The minimum Gasteiger partial charge on any atom is -0.497 e. The number of hydrogen-bond donors (Lipinski definition) is 2. The van der Waals surface area contributed by atoms with Crippen LogP contribution in [0.1, 0.15) is 18.4 Å². The summed E-state index contributed by atoms with van der Waals surface area (Å²) in [5.74, 6) is 2.67. The summed E-state index contributed by atoms with van der Waals surface area (Å²) >= 11 is 0. The molecule has 0 saturated carbocycles. The number of hydrogen-bond acceptors (Lipinski definition) is 9. The molecule has 180 valence electrons. The molecule has 1 aromatic carbocycles.